The summed E-state index contributed by atoms with van der Waals surface area (Å²) in [5.74, 6) is 0. The molecular formula is C16H40O8Si3. The van der Waals surface area contributed by atoms with E-state index in [4.69, 9.17) is 35.4 Å². The molecule has 0 unspecified atom stereocenters. The molecule has 27 heavy (non-hydrogen) atoms. The van der Waals surface area contributed by atoms with E-state index in [9.17, 15) is 0 Å². The number of hydrogen-bond acceptors (Lipinski definition) is 8. The molecule has 0 aliphatic carbocycles. The third kappa shape index (κ3) is 5.28. The molecule has 0 radical (unpaired) electrons. The molecule has 0 atom stereocenters. The second-order valence-electron chi connectivity index (χ2n) is 7.21. The van der Waals surface area contributed by atoms with Crippen LogP contribution in [0.2, 0.25) is 13.1 Å². The zero-order valence-electron chi connectivity index (χ0n) is 19.2. The van der Waals surface area contributed by atoms with E-state index in [0.717, 1.165) is 0 Å². The molecule has 8 nitrogen and oxygen atoms in total. The maximum Gasteiger partial charge on any atom is 0.679 e. The van der Waals surface area contributed by atoms with Crippen LogP contribution in [-0.4, -0.2) is 79.3 Å². The fourth-order valence-corrected chi connectivity index (χ4v) is 13.0. The van der Waals surface area contributed by atoms with Crippen LogP contribution in [-0.2, 0) is 35.4 Å². The quantitative estimate of drug-likeness (QED) is 0.379. The Bertz CT molecular complexity index is 419. The van der Waals surface area contributed by atoms with E-state index in [0.29, 0.717) is 12.8 Å². The van der Waals surface area contributed by atoms with Crippen LogP contribution in [0.25, 0.3) is 0 Å². The Kier molecular flexibility index (Phi) is 10.5. The Hall–Kier alpha value is 0.331. The first kappa shape index (κ1) is 27.3. The SMILES string of the molecule is CCC(CC)(O[Si](OC)(OC)OC)[Si](C)(C)OC(C)(C)[Si](OC)(OC)OC. The van der Waals surface area contributed by atoms with Crippen molar-refractivity contribution >= 4 is 26.2 Å². The van der Waals surface area contributed by atoms with Crippen molar-refractivity contribution in [1.82, 2.24) is 0 Å². The Morgan fingerprint density at radius 2 is 1.00 bits per heavy atom. The predicted molar refractivity (Wildman–Crippen MR) is 111 cm³/mol. The fourth-order valence-electron chi connectivity index (χ4n) is 3.76. The Morgan fingerprint density at radius 1 is 0.630 bits per heavy atom. The molecule has 0 amide bonds. The van der Waals surface area contributed by atoms with Crippen LogP contribution in [0.15, 0.2) is 0 Å². The van der Waals surface area contributed by atoms with Gasteiger partial charge in [-0.3, -0.25) is 0 Å². The first-order valence-corrected chi connectivity index (χ1v) is 15.4. The predicted octanol–water partition coefficient (Wildman–Crippen LogP) is 2.89. The van der Waals surface area contributed by atoms with E-state index in [1.165, 1.54) is 21.3 Å². The molecule has 164 valence electrons. The van der Waals surface area contributed by atoms with Crippen molar-refractivity contribution in [2.75, 3.05) is 42.7 Å². The second-order valence-corrected chi connectivity index (χ2v) is 17.3. The van der Waals surface area contributed by atoms with Crippen molar-refractivity contribution in [2.45, 2.75) is 64.1 Å². The lowest BCUT2D eigenvalue weighted by molar-refractivity contribution is -0.0588. The lowest BCUT2D eigenvalue weighted by Crippen LogP contribution is -2.71. The molecular weight excluding hydrogens is 404 g/mol. The van der Waals surface area contributed by atoms with Crippen molar-refractivity contribution in [3.8, 4) is 0 Å². The minimum Gasteiger partial charge on any atom is -0.404 e. The molecule has 0 aromatic rings. The van der Waals surface area contributed by atoms with Crippen molar-refractivity contribution in [2.24, 2.45) is 0 Å². The molecule has 0 aromatic heterocycles. The summed E-state index contributed by atoms with van der Waals surface area (Å²) in [6.07, 6.45) is 1.43. The molecule has 0 bridgehead atoms. The first-order chi connectivity index (χ1) is 12.4. The monoisotopic (exact) mass is 444 g/mol. The summed E-state index contributed by atoms with van der Waals surface area (Å²) in [4.78, 5) is 0. The Morgan fingerprint density at radius 3 is 1.26 bits per heavy atom. The minimum absolute atomic E-state index is 0.603. The standard InChI is InChI=1S/C16H40O8Si3/c1-13-16(14-2,24-27(20-8,21-9)22-10)25(11,12)23-15(3,4)26(17-5,18-6)19-7/h13-14H2,1-12H3. The highest BCUT2D eigenvalue weighted by atomic mass is 28.4. The first-order valence-electron chi connectivity index (χ1n) is 9.11. The van der Waals surface area contributed by atoms with Gasteiger partial charge in [0.2, 0.25) is 8.32 Å². The molecule has 0 aliphatic heterocycles. The van der Waals surface area contributed by atoms with Gasteiger partial charge in [-0.1, -0.05) is 13.8 Å². The topological polar surface area (TPSA) is 73.8 Å². The van der Waals surface area contributed by atoms with Crippen molar-refractivity contribution in [3.05, 3.63) is 0 Å². The Labute approximate surface area is 168 Å². The van der Waals surface area contributed by atoms with Crippen molar-refractivity contribution < 1.29 is 35.4 Å². The zero-order chi connectivity index (χ0) is 21.6. The summed E-state index contributed by atoms with van der Waals surface area (Å²) in [6.45, 7) is 12.2. The summed E-state index contributed by atoms with van der Waals surface area (Å²) in [6, 6.07) is 0. The number of hydrogen-bond donors (Lipinski definition) is 0. The molecule has 0 rings (SSSR count). The average Bonchev–Trinajstić information content (AvgIpc) is 2.64. The van der Waals surface area contributed by atoms with Gasteiger partial charge in [0.05, 0.1) is 5.22 Å². The van der Waals surface area contributed by atoms with Crippen LogP contribution in [0.1, 0.15) is 40.5 Å². The summed E-state index contributed by atoms with van der Waals surface area (Å²) >= 11 is 0. The van der Waals surface area contributed by atoms with Gasteiger partial charge in [-0.25, -0.2) is 0 Å². The van der Waals surface area contributed by atoms with Crippen molar-refractivity contribution in [3.63, 3.8) is 0 Å². The average molecular weight is 445 g/mol. The molecule has 0 aliphatic rings. The second kappa shape index (κ2) is 10.4. The van der Waals surface area contributed by atoms with E-state index in [1.807, 2.05) is 13.8 Å². The fraction of sp³-hybridized carbons (Fsp3) is 1.00. The van der Waals surface area contributed by atoms with Gasteiger partial charge in [-0.15, -0.1) is 0 Å². The normalized spacial score (nSPS) is 14.7. The molecule has 11 heteroatoms. The number of rotatable bonds is 14. The molecule has 0 aromatic carbocycles. The summed E-state index contributed by atoms with van der Waals surface area (Å²) in [5, 5.41) is -1.38. The molecule has 0 saturated carbocycles. The van der Waals surface area contributed by atoms with Gasteiger partial charge in [0.25, 0.3) is 0 Å². The Balaban J connectivity index is 6.07. The third-order valence-corrected chi connectivity index (χ3v) is 15.1. The highest BCUT2D eigenvalue weighted by Gasteiger charge is 2.63. The van der Waals surface area contributed by atoms with Gasteiger partial charge in [0, 0.05) is 42.7 Å². The van der Waals surface area contributed by atoms with E-state index in [-0.39, 0.29) is 0 Å². The largest absolute Gasteiger partial charge is 0.679 e. The van der Waals surface area contributed by atoms with E-state index in [2.05, 4.69) is 26.9 Å². The van der Waals surface area contributed by atoms with Gasteiger partial charge in [0.1, 0.15) is 5.22 Å². The summed E-state index contributed by atoms with van der Waals surface area (Å²) < 4.78 is 46.8. The van der Waals surface area contributed by atoms with Crippen LogP contribution in [0, 0.1) is 0 Å². The molecule has 0 heterocycles. The van der Waals surface area contributed by atoms with Gasteiger partial charge in [-0.05, 0) is 39.8 Å². The highest BCUT2D eigenvalue weighted by molar-refractivity contribution is 6.76. The van der Waals surface area contributed by atoms with Gasteiger partial charge < -0.3 is 35.4 Å². The van der Waals surface area contributed by atoms with Crippen LogP contribution in [0.4, 0.5) is 0 Å². The molecule has 0 N–H and O–H groups in total. The van der Waals surface area contributed by atoms with Crippen molar-refractivity contribution in [1.29, 1.82) is 0 Å². The third-order valence-electron chi connectivity index (χ3n) is 5.36. The highest BCUT2D eigenvalue weighted by Crippen LogP contribution is 2.40. The summed E-state index contributed by atoms with van der Waals surface area (Å²) in [7, 11) is 0.443. The van der Waals surface area contributed by atoms with Crippen LogP contribution >= 0.6 is 0 Å². The summed E-state index contributed by atoms with van der Waals surface area (Å²) in [5.41, 5.74) is 0. The molecule has 0 spiro atoms. The van der Waals surface area contributed by atoms with E-state index >= 15 is 0 Å². The van der Waals surface area contributed by atoms with Crippen LogP contribution < -0.4 is 0 Å². The van der Waals surface area contributed by atoms with Gasteiger partial charge >= 0.3 is 17.9 Å². The molecule has 0 saturated heterocycles. The smallest absolute Gasteiger partial charge is 0.404 e. The zero-order valence-corrected chi connectivity index (χ0v) is 22.2. The van der Waals surface area contributed by atoms with Crippen LogP contribution in [0.3, 0.4) is 0 Å². The molecule has 0 fully saturated rings. The van der Waals surface area contributed by atoms with E-state index in [1.54, 1.807) is 21.3 Å². The van der Waals surface area contributed by atoms with Gasteiger partial charge in [-0.2, -0.15) is 0 Å². The van der Waals surface area contributed by atoms with Crippen LogP contribution in [0.5, 0.6) is 0 Å². The van der Waals surface area contributed by atoms with E-state index < -0.39 is 36.6 Å². The lowest BCUT2D eigenvalue weighted by Gasteiger charge is -2.51. The maximum absolute atomic E-state index is 6.75. The van der Waals surface area contributed by atoms with Gasteiger partial charge in [0.15, 0.2) is 0 Å². The lowest BCUT2D eigenvalue weighted by atomic mass is 10.2. The maximum atomic E-state index is 6.75. The minimum atomic E-state index is -3.28.